The Morgan fingerprint density at radius 3 is 2.44 bits per heavy atom. The zero-order valence-electron chi connectivity index (χ0n) is 17.8. The number of nitrogens with one attached hydrogen (secondary N) is 1. The van der Waals surface area contributed by atoms with Gasteiger partial charge in [-0.1, -0.05) is 53.5 Å². The van der Waals surface area contributed by atoms with Gasteiger partial charge < -0.3 is 10.1 Å². The number of nitrogens with zero attached hydrogens (tertiary/aromatic N) is 1. The Kier molecular flexibility index (Phi) is 7.58. The lowest BCUT2D eigenvalue weighted by atomic mass is 10.2. The molecule has 0 radical (unpaired) electrons. The highest BCUT2D eigenvalue weighted by Crippen LogP contribution is 2.24. The maximum absolute atomic E-state index is 13.9. The third-order valence-electron chi connectivity index (χ3n) is 4.91. The lowest BCUT2D eigenvalue weighted by Gasteiger charge is -2.09. The highest BCUT2D eigenvalue weighted by atomic mass is 35.5. The number of carbonyl (C=O) groups excluding carboxylic acids is 1. The first-order chi connectivity index (χ1) is 16.5. The number of anilines is 1. The van der Waals surface area contributed by atoms with E-state index in [0.29, 0.717) is 33.3 Å². The van der Waals surface area contributed by atoms with Crippen molar-refractivity contribution in [3.8, 4) is 5.75 Å². The summed E-state index contributed by atoms with van der Waals surface area (Å²) in [5, 5.41) is 3.54. The van der Waals surface area contributed by atoms with Crippen LogP contribution in [0.1, 0.15) is 21.5 Å². The minimum absolute atomic E-state index is 0.115. The third kappa shape index (κ3) is 6.01. The summed E-state index contributed by atoms with van der Waals surface area (Å²) in [6, 6.07) is 25.6. The molecule has 0 atom stereocenters. The van der Waals surface area contributed by atoms with Crippen LogP contribution in [-0.2, 0) is 6.61 Å². The summed E-state index contributed by atoms with van der Waals surface area (Å²) < 4.78 is 19.7. The molecule has 170 valence electrons. The van der Waals surface area contributed by atoms with Crippen molar-refractivity contribution in [1.82, 2.24) is 0 Å². The second-order valence-electron chi connectivity index (χ2n) is 7.30. The van der Waals surface area contributed by atoms with E-state index in [1.165, 1.54) is 12.1 Å². The molecule has 0 bridgehead atoms. The standard InChI is InChI=1S/C27H19Cl2FN2O2/c28-20-9-14-23(24(29)15-20)27(33)32-22-12-10-21(11-13-22)31-16-18-5-2-4-8-26(18)34-17-19-6-1-3-7-25(19)30/h1-16H,17H2,(H,32,33). The molecule has 4 rings (SSSR count). The van der Waals surface area contributed by atoms with Crippen molar-refractivity contribution in [3.63, 3.8) is 0 Å². The van der Waals surface area contributed by atoms with E-state index < -0.39 is 0 Å². The minimum Gasteiger partial charge on any atom is -0.488 e. The smallest absolute Gasteiger partial charge is 0.257 e. The second kappa shape index (κ2) is 11.0. The first-order valence-corrected chi connectivity index (χ1v) is 11.1. The normalized spacial score (nSPS) is 10.9. The van der Waals surface area contributed by atoms with Crippen LogP contribution >= 0.6 is 23.2 Å². The molecule has 34 heavy (non-hydrogen) atoms. The van der Waals surface area contributed by atoms with Gasteiger partial charge in [0.2, 0.25) is 0 Å². The first kappa shape index (κ1) is 23.5. The van der Waals surface area contributed by atoms with Crippen molar-refractivity contribution in [1.29, 1.82) is 0 Å². The molecule has 0 aromatic heterocycles. The highest BCUT2D eigenvalue weighted by Gasteiger charge is 2.11. The lowest BCUT2D eigenvalue weighted by molar-refractivity contribution is 0.102. The number of halogens is 3. The van der Waals surface area contributed by atoms with Gasteiger partial charge in [-0.2, -0.15) is 0 Å². The number of para-hydroxylation sites is 1. The molecular formula is C27H19Cl2FN2O2. The average molecular weight is 493 g/mol. The fourth-order valence-corrected chi connectivity index (χ4v) is 3.63. The lowest BCUT2D eigenvalue weighted by Crippen LogP contribution is -2.12. The summed E-state index contributed by atoms with van der Waals surface area (Å²) in [6.07, 6.45) is 1.68. The molecule has 1 N–H and O–H groups in total. The molecule has 0 unspecified atom stereocenters. The number of amides is 1. The van der Waals surface area contributed by atoms with Crippen LogP contribution in [0, 0.1) is 5.82 Å². The maximum atomic E-state index is 13.9. The first-order valence-electron chi connectivity index (χ1n) is 10.4. The van der Waals surface area contributed by atoms with Crippen LogP contribution in [0.15, 0.2) is 96.0 Å². The Morgan fingerprint density at radius 2 is 1.68 bits per heavy atom. The fraction of sp³-hybridized carbons (Fsp3) is 0.0370. The van der Waals surface area contributed by atoms with Gasteiger partial charge in [-0.15, -0.1) is 0 Å². The fourth-order valence-electron chi connectivity index (χ4n) is 3.14. The van der Waals surface area contributed by atoms with E-state index in [-0.39, 0.29) is 23.4 Å². The summed E-state index contributed by atoms with van der Waals surface area (Å²) >= 11 is 12.0. The predicted octanol–water partition coefficient (Wildman–Crippen LogP) is 7.71. The number of aliphatic imine (C=N–C) groups is 1. The van der Waals surface area contributed by atoms with Crippen LogP contribution in [0.2, 0.25) is 10.0 Å². The Bertz CT molecular complexity index is 1340. The van der Waals surface area contributed by atoms with Crippen molar-refractivity contribution in [2.45, 2.75) is 6.61 Å². The molecule has 0 fully saturated rings. The monoisotopic (exact) mass is 492 g/mol. The van der Waals surface area contributed by atoms with Crippen molar-refractivity contribution >= 4 is 46.7 Å². The Labute approximate surface area is 206 Å². The van der Waals surface area contributed by atoms with E-state index in [0.717, 1.165) is 5.56 Å². The van der Waals surface area contributed by atoms with Crippen LogP contribution in [0.4, 0.5) is 15.8 Å². The van der Waals surface area contributed by atoms with Crippen molar-refractivity contribution in [2.24, 2.45) is 4.99 Å². The molecular weight excluding hydrogens is 474 g/mol. The molecule has 0 spiro atoms. The van der Waals surface area contributed by atoms with E-state index in [4.69, 9.17) is 27.9 Å². The van der Waals surface area contributed by atoms with E-state index in [9.17, 15) is 9.18 Å². The molecule has 0 saturated heterocycles. The van der Waals surface area contributed by atoms with Gasteiger partial charge in [0.25, 0.3) is 5.91 Å². The number of benzene rings is 4. The van der Waals surface area contributed by atoms with E-state index in [1.54, 1.807) is 60.8 Å². The van der Waals surface area contributed by atoms with Gasteiger partial charge in [-0.05, 0) is 60.7 Å². The van der Waals surface area contributed by atoms with Crippen molar-refractivity contribution < 1.29 is 13.9 Å². The summed E-state index contributed by atoms with van der Waals surface area (Å²) in [5.41, 5.74) is 2.86. The third-order valence-corrected chi connectivity index (χ3v) is 5.46. The SMILES string of the molecule is O=C(Nc1ccc(N=Cc2ccccc2OCc2ccccc2F)cc1)c1ccc(Cl)cc1Cl. The Balaban J connectivity index is 1.41. The van der Waals surface area contributed by atoms with Gasteiger partial charge in [0, 0.05) is 28.1 Å². The highest BCUT2D eigenvalue weighted by molar-refractivity contribution is 6.37. The van der Waals surface area contributed by atoms with E-state index in [1.807, 2.05) is 24.3 Å². The van der Waals surface area contributed by atoms with Crippen LogP contribution in [0.5, 0.6) is 5.75 Å². The molecule has 0 heterocycles. The molecule has 1 amide bonds. The summed E-state index contributed by atoms with van der Waals surface area (Å²) in [6.45, 7) is 0.115. The molecule has 7 heteroatoms. The maximum Gasteiger partial charge on any atom is 0.257 e. The minimum atomic E-state index is -0.334. The summed E-state index contributed by atoms with van der Waals surface area (Å²) in [4.78, 5) is 16.9. The van der Waals surface area contributed by atoms with Crippen LogP contribution < -0.4 is 10.1 Å². The van der Waals surface area contributed by atoms with Crippen LogP contribution in [0.25, 0.3) is 0 Å². The number of carbonyl (C=O) groups is 1. The predicted molar refractivity (Wildman–Crippen MR) is 135 cm³/mol. The average Bonchev–Trinajstić information content (AvgIpc) is 2.83. The Morgan fingerprint density at radius 1 is 0.941 bits per heavy atom. The van der Waals surface area contributed by atoms with Crippen molar-refractivity contribution in [2.75, 3.05) is 5.32 Å². The zero-order chi connectivity index (χ0) is 23.9. The topological polar surface area (TPSA) is 50.7 Å². The number of hydrogen-bond acceptors (Lipinski definition) is 3. The molecule has 4 aromatic rings. The number of hydrogen-bond donors (Lipinski definition) is 1. The van der Waals surface area contributed by atoms with E-state index in [2.05, 4.69) is 10.3 Å². The van der Waals surface area contributed by atoms with Gasteiger partial charge in [0.1, 0.15) is 18.2 Å². The number of ether oxygens (including phenoxy) is 1. The van der Waals surface area contributed by atoms with Gasteiger partial charge in [-0.25, -0.2) is 4.39 Å². The largest absolute Gasteiger partial charge is 0.488 e. The van der Waals surface area contributed by atoms with Gasteiger partial charge in [0.05, 0.1) is 16.3 Å². The molecule has 0 saturated carbocycles. The molecule has 4 aromatic carbocycles. The summed E-state index contributed by atoms with van der Waals surface area (Å²) in [7, 11) is 0. The summed E-state index contributed by atoms with van der Waals surface area (Å²) in [5.74, 6) is -0.0451. The van der Waals surface area contributed by atoms with E-state index >= 15 is 0 Å². The van der Waals surface area contributed by atoms with Gasteiger partial charge >= 0.3 is 0 Å². The molecule has 0 aliphatic carbocycles. The second-order valence-corrected chi connectivity index (χ2v) is 8.14. The number of rotatable bonds is 7. The van der Waals surface area contributed by atoms with Crippen LogP contribution in [0.3, 0.4) is 0 Å². The Hall–Kier alpha value is -3.67. The molecule has 0 aliphatic heterocycles. The zero-order valence-corrected chi connectivity index (χ0v) is 19.4. The van der Waals surface area contributed by atoms with Gasteiger partial charge in [-0.3, -0.25) is 9.79 Å². The molecule has 4 nitrogen and oxygen atoms in total. The van der Waals surface area contributed by atoms with Gasteiger partial charge in [0.15, 0.2) is 0 Å². The van der Waals surface area contributed by atoms with Crippen molar-refractivity contribution in [3.05, 3.63) is 124 Å². The molecule has 0 aliphatic rings. The quantitative estimate of drug-likeness (QED) is 0.268. The van der Waals surface area contributed by atoms with Crippen LogP contribution in [-0.4, -0.2) is 12.1 Å².